The van der Waals surface area contributed by atoms with E-state index in [-0.39, 0.29) is 6.10 Å². The highest BCUT2D eigenvalue weighted by atomic mass is 16.5. The molecule has 1 aliphatic rings. The van der Waals surface area contributed by atoms with Crippen molar-refractivity contribution < 1.29 is 9.47 Å². The third kappa shape index (κ3) is 2.35. The van der Waals surface area contributed by atoms with E-state index in [1.165, 1.54) is 0 Å². The van der Waals surface area contributed by atoms with Crippen LogP contribution in [-0.4, -0.2) is 31.8 Å². The van der Waals surface area contributed by atoms with Crippen molar-refractivity contribution in [2.24, 2.45) is 4.99 Å². The molecular weight excluding hydrogens is 130 g/mol. The Hall–Kier alpha value is -0.570. The van der Waals surface area contributed by atoms with E-state index in [9.17, 15) is 0 Å². The van der Waals surface area contributed by atoms with Crippen LogP contribution < -0.4 is 0 Å². The molecule has 0 spiro atoms. The quantitative estimate of drug-likeness (QED) is 0.586. The maximum absolute atomic E-state index is 5.27. The van der Waals surface area contributed by atoms with Crippen LogP contribution in [-0.2, 0) is 9.47 Å². The van der Waals surface area contributed by atoms with Crippen LogP contribution in [0.15, 0.2) is 4.99 Å². The van der Waals surface area contributed by atoms with Gasteiger partial charge in [-0.2, -0.15) is 0 Å². The zero-order valence-electron chi connectivity index (χ0n) is 6.46. The number of hydrogen-bond acceptors (Lipinski definition) is 3. The smallest absolute Gasteiger partial charge is 0.210 e. The molecule has 0 radical (unpaired) electrons. The SMILES string of the molecule is CC(C)OCC1=NCCO1. The van der Waals surface area contributed by atoms with Crippen molar-refractivity contribution >= 4 is 5.90 Å². The normalized spacial score (nSPS) is 17.3. The van der Waals surface area contributed by atoms with E-state index in [0.29, 0.717) is 6.61 Å². The lowest BCUT2D eigenvalue weighted by Crippen LogP contribution is -2.13. The molecule has 0 aromatic carbocycles. The van der Waals surface area contributed by atoms with Gasteiger partial charge in [-0.15, -0.1) is 0 Å². The van der Waals surface area contributed by atoms with Crippen LogP contribution in [0.3, 0.4) is 0 Å². The maximum atomic E-state index is 5.27. The lowest BCUT2D eigenvalue weighted by molar-refractivity contribution is 0.0993. The van der Waals surface area contributed by atoms with Gasteiger partial charge in [0, 0.05) is 0 Å². The van der Waals surface area contributed by atoms with Crippen molar-refractivity contribution in [1.82, 2.24) is 0 Å². The predicted octanol–water partition coefficient (Wildman–Crippen LogP) is 0.840. The van der Waals surface area contributed by atoms with Crippen molar-refractivity contribution in [2.45, 2.75) is 20.0 Å². The first-order valence-corrected chi connectivity index (χ1v) is 3.57. The molecule has 1 heterocycles. The van der Waals surface area contributed by atoms with Crippen molar-refractivity contribution in [3.05, 3.63) is 0 Å². The van der Waals surface area contributed by atoms with Gasteiger partial charge in [-0.05, 0) is 13.8 Å². The number of rotatable bonds is 3. The van der Waals surface area contributed by atoms with Gasteiger partial charge in [0.15, 0.2) is 0 Å². The molecule has 10 heavy (non-hydrogen) atoms. The summed E-state index contributed by atoms with van der Waals surface area (Å²) in [6.07, 6.45) is 0.256. The molecule has 0 amide bonds. The van der Waals surface area contributed by atoms with Crippen LogP contribution in [0.2, 0.25) is 0 Å². The second-order valence-electron chi connectivity index (χ2n) is 2.48. The van der Waals surface area contributed by atoms with Gasteiger partial charge in [0.2, 0.25) is 5.90 Å². The van der Waals surface area contributed by atoms with Crippen LogP contribution in [0.1, 0.15) is 13.8 Å². The van der Waals surface area contributed by atoms with E-state index >= 15 is 0 Å². The summed E-state index contributed by atoms with van der Waals surface area (Å²) in [5, 5.41) is 0. The molecule has 0 aromatic rings. The molecule has 1 aliphatic heterocycles. The molecule has 0 saturated carbocycles. The van der Waals surface area contributed by atoms with Gasteiger partial charge in [-0.1, -0.05) is 0 Å². The Kier molecular flexibility index (Phi) is 2.68. The fraction of sp³-hybridized carbons (Fsp3) is 0.857. The van der Waals surface area contributed by atoms with Crippen LogP contribution in [0.5, 0.6) is 0 Å². The first kappa shape index (κ1) is 7.54. The van der Waals surface area contributed by atoms with E-state index in [4.69, 9.17) is 9.47 Å². The molecule has 0 bridgehead atoms. The topological polar surface area (TPSA) is 30.8 Å². The lowest BCUT2D eigenvalue weighted by atomic mass is 10.5. The Morgan fingerprint density at radius 2 is 2.50 bits per heavy atom. The molecule has 0 aliphatic carbocycles. The number of aliphatic imine (C=N–C) groups is 1. The van der Waals surface area contributed by atoms with Gasteiger partial charge >= 0.3 is 0 Å². The van der Waals surface area contributed by atoms with Gasteiger partial charge < -0.3 is 9.47 Å². The molecule has 0 N–H and O–H groups in total. The number of hydrogen-bond donors (Lipinski definition) is 0. The van der Waals surface area contributed by atoms with Gasteiger partial charge in [0.05, 0.1) is 12.6 Å². The fourth-order valence-corrected chi connectivity index (χ4v) is 0.705. The average Bonchev–Trinajstić information content (AvgIpc) is 2.34. The molecule has 0 aromatic heterocycles. The summed E-state index contributed by atoms with van der Waals surface area (Å²) in [7, 11) is 0. The minimum Gasteiger partial charge on any atom is -0.477 e. The largest absolute Gasteiger partial charge is 0.477 e. The molecular formula is C7H13NO2. The van der Waals surface area contributed by atoms with E-state index in [0.717, 1.165) is 19.0 Å². The van der Waals surface area contributed by atoms with Gasteiger partial charge in [0.25, 0.3) is 0 Å². The molecule has 3 nitrogen and oxygen atoms in total. The highest BCUT2D eigenvalue weighted by Crippen LogP contribution is 1.96. The van der Waals surface area contributed by atoms with Crippen LogP contribution in [0, 0.1) is 0 Å². The Bertz CT molecular complexity index is 132. The monoisotopic (exact) mass is 143 g/mol. The first-order chi connectivity index (χ1) is 4.79. The molecule has 0 fully saturated rings. The fourth-order valence-electron chi connectivity index (χ4n) is 0.705. The third-order valence-corrected chi connectivity index (χ3v) is 1.19. The highest BCUT2D eigenvalue weighted by Gasteiger charge is 2.06. The third-order valence-electron chi connectivity index (χ3n) is 1.19. The Labute approximate surface area is 61.0 Å². The highest BCUT2D eigenvalue weighted by molar-refractivity contribution is 5.78. The predicted molar refractivity (Wildman–Crippen MR) is 39.3 cm³/mol. The molecule has 3 heteroatoms. The van der Waals surface area contributed by atoms with Crippen molar-refractivity contribution in [1.29, 1.82) is 0 Å². The second-order valence-corrected chi connectivity index (χ2v) is 2.48. The van der Waals surface area contributed by atoms with Gasteiger partial charge in [-0.3, -0.25) is 4.99 Å². The van der Waals surface area contributed by atoms with E-state index < -0.39 is 0 Å². The van der Waals surface area contributed by atoms with E-state index in [2.05, 4.69) is 4.99 Å². The van der Waals surface area contributed by atoms with E-state index in [1.54, 1.807) is 0 Å². The number of nitrogens with zero attached hydrogens (tertiary/aromatic N) is 1. The second kappa shape index (κ2) is 3.56. The zero-order valence-corrected chi connectivity index (χ0v) is 6.46. The van der Waals surface area contributed by atoms with Crippen molar-refractivity contribution in [3.63, 3.8) is 0 Å². The maximum Gasteiger partial charge on any atom is 0.210 e. The standard InChI is InChI=1S/C7H13NO2/c1-6(2)10-5-7-8-3-4-9-7/h6H,3-5H2,1-2H3. The van der Waals surface area contributed by atoms with Crippen molar-refractivity contribution in [2.75, 3.05) is 19.8 Å². The molecule has 0 saturated heterocycles. The summed E-state index contributed by atoms with van der Waals surface area (Å²) in [6.45, 7) is 6.02. The molecule has 0 unspecified atom stereocenters. The Morgan fingerprint density at radius 1 is 1.70 bits per heavy atom. The Morgan fingerprint density at radius 3 is 3.00 bits per heavy atom. The first-order valence-electron chi connectivity index (χ1n) is 3.57. The molecule has 1 rings (SSSR count). The Balaban J connectivity index is 2.13. The number of ether oxygens (including phenoxy) is 2. The summed E-state index contributed by atoms with van der Waals surface area (Å²) >= 11 is 0. The summed E-state index contributed by atoms with van der Waals surface area (Å²) in [5.41, 5.74) is 0. The minimum atomic E-state index is 0.256. The van der Waals surface area contributed by atoms with Crippen LogP contribution in [0.25, 0.3) is 0 Å². The van der Waals surface area contributed by atoms with Crippen LogP contribution >= 0.6 is 0 Å². The zero-order chi connectivity index (χ0) is 7.40. The van der Waals surface area contributed by atoms with E-state index in [1.807, 2.05) is 13.8 Å². The lowest BCUT2D eigenvalue weighted by Gasteiger charge is -2.05. The molecule has 0 atom stereocenters. The van der Waals surface area contributed by atoms with Crippen LogP contribution in [0.4, 0.5) is 0 Å². The van der Waals surface area contributed by atoms with Gasteiger partial charge in [-0.25, -0.2) is 0 Å². The molecule has 58 valence electrons. The van der Waals surface area contributed by atoms with Gasteiger partial charge in [0.1, 0.15) is 13.2 Å². The summed E-state index contributed by atoms with van der Waals surface area (Å²) in [6, 6.07) is 0. The minimum absolute atomic E-state index is 0.256. The average molecular weight is 143 g/mol. The summed E-state index contributed by atoms with van der Waals surface area (Å²) in [4.78, 5) is 4.08. The summed E-state index contributed by atoms with van der Waals surface area (Å²) < 4.78 is 10.4. The summed E-state index contributed by atoms with van der Waals surface area (Å²) in [5.74, 6) is 0.744. The van der Waals surface area contributed by atoms with Crippen molar-refractivity contribution in [3.8, 4) is 0 Å².